The first kappa shape index (κ1) is 13.4. The third-order valence-corrected chi connectivity index (χ3v) is 3.24. The molecule has 0 spiro atoms. The van der Waals surface area contributed by atoms with Crippen LogP contribution in [0, 0.1) is 0 Å². The van der Waals surface area contributed by atoms with Crippen LogP contribution in [0.3, 0.4) is 0 Å². The Hall–Kier alpha value is -1.65. The molecule has 0 amide bonds. The molecule has 0 fully saturated rings. The summed E-state index contributed by atoms with van der Waals surface area (Å²) in [6.45, 7) is 0.198. The Balaban J connectivity index is 2.61. The molecule has 1 aromatic rings. The van der Waals surface area contributed by atoms with Gasteiger partial charge in [-0.05, 0) is 7.05 Å². The molecule has 1 heterocycles. The highest BCUT2D eigenvalue weighted by atomic mass is 32.2. The predicted octanol–water partition coefficient (Wildman–Crippen LogP) is -1.69. The highest BCUT2D eigenvalue weighted by Gasteiger charge is 2.07. The summed E-state index contributed by atoms with van der Waals surface area (Å²) < 4.78 is 24.5. The molecule has 1 rings (SSSR count). The maximum Gasteiger partial charge on any atom is 0.223 e. The second-order valence-corrected chi connectivity index (χ2v) is 5.14. The average Bonchev–Trinajstić information content (AvgIpc) is 2.28. The summed E-state index contributed by atoms with van der Waals surface area (Å²) in [7, 11) is -1.89. The fraction of sp³-hybridized carbons (Fsp3) is 0.429. The number of hydrazine groups is 1. The number of nitrogens with zero attached hydrogens (tertiary/aromatic N) is 2. The first-order valence-corrected chi connectivity index (χ1v) is 6.38. The van der Waals surface area contributed by atoms with Crippen LogP contribution < -0.4 is 27.0 Å². The zero-order valence-corrected chi connectivity index (χ0v) is 10.1. The fourth-order valence-corrected chi connectivity index (χ4v) is 1.62. The van der Waals surface area contributed by atoms with Gasteiger partial charge in [0, 0.05) is 12.6 Å². The van der Waals surface area contributed by atoms with Crippen LogP contribution in [0.2, 0.25) is 0 Å². The number of nitrogen functional groups attached to an aromatic ring is 2. The van der Waals surface area contributed by atoms with Gasteiger partial charge in [-0.15, -0.1) is 0 Å². The van der Waals surface area contributed by atoms with Crippen molar-refractivity contribution in [2.24, 2.45) is 5.84 Å². The van der Waals surface area contributed by atoms with Crippen molar-refractivity contribution in [2.75, 3.05) is 35.8 Å². The minimum absolute atomic E-state index is 0.0411. The third kappa shape index (κ3) is 4.38. The van der Waals surface area contributed by atoms with Gasteiger partial charge in [0.2, 0.25) is 16.0 Å². The smallest absolute Gasteiger partial charge is 0.223 e. The molecule has 10 heteroatoms. The number of nitrogens with one attached hydrogen (secondary N) is 3. The predicted molar refractivity (Wildman–Crippen MR) is 65.6 cm³/mol. The molecule has 0 saturated carbocycles. The van der Waals surface area contributed by atoms with Gasteiger partial charge in [0.15, 0.2) is 0 Å². The largest absolute Gasteiger partial charge is 0.369 e. The molecule has 0 aliphatic rings. The highest BCUT2D eigenvalue weighted by molar-refractivity contribution is 7.89. The SMILES string of the molecule is CNS(=O)(=O)CCNc1cc(NN)nc(N)n1. The number of aromatic nitrogens is 2. The van der Waals surface area contributed by atoms with Crippen LogP contribution in [-0.2, 0) is 10.0 Å². The van der Waals surface area contributed by atoms with Gasteiger partial charge in [-0.3, -0.25) is 0 Å². The number of anilines is 3. The molecule has 17 heavy (non-hydrogen) atoms. The first-order valence-electron chi connectivity index (χ1n) is 4.73. The number of sulfonamides is 1. The second-order valence-electron chi connectivity index (χ2n) is 3.09. The van der Waals surface area contributed by atoms with Crippen molar-refractivity contribution in [2.45, 2.75) is 0 Å². The normalized spacial score (nSPS) is 11.2. The van der Waals surface area contributed by atoms with Gasteiger partial charge in [0.25, 0.3) is 0 Å². The molecule has 9 nitrogen and oxygen atoms in total. The molecular formula is C7H15N7O2S. The van der Waals surface area contributed by atoms with Crippen LogP contribution in [0.25, 0.3) is 0 Å². The lowest BCUT2D eigenvalue weighted by molar-refractivity contribution is 0.588. The van der Waals surface area contributed by atoms with Crippen LogP contribution in [0.15, 0.2) is 6.07 Å². The molecule has 0 aliphatic carbocycles. The topological polar surface area (TPSA) is 148 Å². The van der Waals surface area contributed by atoms with Crippen molar-refractivity contribution < 1.29 is 8.42 Å². The van der Waals surface area contributed by atoms with E-state index in [0.717, 1.165) is 0 Å². The van der Waals surface area contributed by atoms with Gasteiger partial charge in [0.1, 0.15) is 11.6 Å². The summed E-state index contributed by atoms with van der Waals surface area (Å²) in [6.07, 6.45) is 0. The lowest BCUT2D eigenvalue weighted by atomic mass is 10.5. The number of hydrogen-bond donors (Lipinski definition) is 5. The zero-order chi connectivity index (χ0) is 12.9. The van der Waals surface area contributed by atoms with E-state index in [1.165, 1.54) is 13.1 Å². The lowest BCUT2D eigenvalue weighted by Gasteiger charge is -2.08. The zero-order valence-electron chi connectivity index (χ0n) is 9.27. The summed E-state index contributed by atoms with van der Waals surface area (Å²) in [5, 5.41) is 2.80. The van der Waals surface area contributed by atoms with E-state index in [-0.39, 0.29) is 18.2 Å². The monoisotopic (exact) mass is 261 g/mol. The fourth-order valence-electron chi connectivity index (χ4n) is 1.05. The molecule has 96 valence electrons. The Kier molecular flexibility index (Phi) is 4.43. The van der Waals surface area contributed by atoms with E-state index in [9.17, 15) is 8.42 Å². The Morgan fingerprint density at radius 3 is 2.59 bits per heavy atom. The minimum atomic E-state index is -3.24. The summed E-state index contributed by atoms with van der Waals surface area (Å²) in [4.78, 5) is 7.66. The van der Waals surface area contributed by atoms with Crippen LogP contribution >= 0.6 is 0 Å². The molecule has 1 aromatic heterocycles. The van der Waals surface area contributed by atoms with Gasteiger partial charge in [-0.25, -0.2) is 19.0 Å². The van der Waals surface area contributed by atoms with E-state index < -0.39 is 10.0 Å². The third-order valence-electron chi connectivity index (χ3n) is 1.88. The quantitative estimate of drug-likeness (QED) is 0.301. The Bertz CT molecular complexity index is 475. The molecule has 0 aliphatic heterocycles. The van der Waals surface area contributed by atoms with Crippen molar-refractivity contribution in [3.8, 4) is 0 Å². The van der Waals surface area contributed by atoms with E-state index in [0.29, 0.717) is 11.6 Å². The number of nitrogens with two attached hydrogens (primary N) is 2. The molecule has 0 radical (unpaired) electrons. The van der Waals surface area contributed by atoms with Crippen LogP contribution in [0.4, 0.5) is 17.6 Å². The number of rotatable bonds is 6. The molecule has 7 N–H and O–H groups in total. The van der Waals surface area contributed by atoms with Crippen molar-refractivity contribution in [1.29, 1.82) is 0 Å². The molecule has 0 aromatic carbocycles. The van der Waals surface area contributed by atoms with Crippen molar-refractivity contribution in [3.05, 3.63) is 6.07 Å². The Morgan fingerprint density at radius 2 is 2.00 bits per heavy atom. The standard InChI is InChI=1S/C7H15N7O2S/c1-10-17(15,16)3-2-11-5-4-6(14-9)13-7(8)12-5/h4,10H,2-3,9H2,1H3,(H4,8,11,12,13,14). The molecule has 0 bridgehead atoms. The second kappa shape index (κ2) is 5.61. The van der Waals surface area contributed by atoms with Crippen molar-refractivity contribution >= 4 is 27.6 Å². The van der Waals surface area contributed by atoms with Crippen LogP contribution in [0.5, 0.6) is 0 Å². The minimum Gasteiger partial charge on any atom is -0.369 e. The van der Waals surface area contributed by atoms with E-state index in [4.69, 9.17) is 11.6 Å². The molecule has 0 atom stereocenters. The van der Waals surface area contributed by atoms with Crippen molar-refractivity contribution in [1.82, 2.24) is 14.7 Å². The number of hydrogen-bond acceptors (Lipinski definition) is 8. The van der Waals surface area contributed by atoms with Crippen LogP contribution in [0.1, 0.15) is 0 Å². The van der Waals surface area contributed by atoms with E-state index >= 15 is 0 Å². The Morgan fingerprint density at radius 1 is 1.35 bits per heavy atom. The van der Waals surface area contributed by atoms with E-state index in [1.807, 2.05) is 0 Å². The Labute approximate surface area is 99.0 Å². The van der Waals surface area contributed by atoms with Crippen LogP contribution in [-0.4, -0.2) is 37.7 Å². The van der Waals surface area contributed by atoms with Gasteiger partial charge in [-0.2, -0.15) is 9.97 Å². The highest BCUT2D eigenvalue weighted by Crippen LogP contribution is 2.10. The summed E-state index contributed by atoms with van der Waals surface area (Å²) >= 11 is 0. The van der Waals surface area contributed by atoms with Gasteiger partial charge >= 0.3 is 0 Å². The van der Waals surface area contributed by atoms with E-state index in [2.05, 4.69) is 25.4 Å². The molecular weight excluding hydrogens is 246 g/mol. The van der Waals surface area contributed by atoms with Gasteiger partial charge in [-0.1, -0.05) is 0 Å². The molecule has 0 saturated heterocycles. The lowest BCUT2D eigenvalue weighted by Crippen LogP contribution is -2.26. The summed E-state index contributed by atoms with van der Waals surface area (Å²) in [6, 6.07) is 1.52. The maximum atomic E-state index is 11.1. The maximum absolute atomic E-state index is 11.1. The average molecular weight is 261 g/mol. The van der Waals surface area contributed by atoms with Crippen molar-refractivity contribution in [3.63, 3.8) is 0 Å². The summed E-state index contributed by atoms with van der Waals surface area (Å²) in [5.74, 6) is 5.89. The molecule has 0 unspecified atom stereocenters. The van der Waals surface area contributed by atoms with Gasteiger partial charge in [0.05, 0.1) is 5.75 Å². The summed E-state index contributed by atoms with van der Waals surface area (Å²) in [5.41, 5.74) is 7.75. The van der Waals surface area contributed by atoms with E-state index in [1.54, 1.807) is 0 Å². The van der Waals surface area contributed by atoms with Gasteiger partial charge < -0.3 is 16.5 Å². The first-order chi connectivity index (χ1) is 7.96.